The normalized spacial score (nSPS) is 16.6. The average Bonchev–Trinajstić information content (AvgIpc) is 3.40. The van der Waals surface area contributed by atoms with Gasteiger partial charge in [0, 0.05) is 23.4 Å². The van der Waals surface area contributed by atoms with E-state index in [-0.39, 0.29) is 24.9 Å². The van der Waals surface area contributed by atoms with E-state index in [9.17, 15) is 9.59 Å². The van der Waals surface area contributed by atoms with Crippen LogP contribution in [0.15, 0.2) is 78.9 Å². The molecule has 0 saturated carbocycles. The zero-order valence-electron chi connectivity index (χ0n) is 23.5. The van der Waals surface area contributed by atoms with Crippen LogP contribution in [-0.2, 0) is 17.9 Å². The quantitative estimate of drug-likeness (QED) is 0.324. The highest BCUT2D eigenvalue weighted by atomic mass is 16.5. The van der Waals surface area contributed by atoms with Crippen molar-refractivity contribution in [1.29, 1.82) is 0 Å². The number of rotatable bonds is 8. The summed E-state index contributed by atoms with van der Waals surface area (Å²) in [6.07, 6.45) is 0. The van der Waals surface area contributed by atoms with Crippen LogP contribution in [0, 0.1) is 0 Å². The maximum absolute atomic E-state index is 14.1. The second-order valence-corrected chi connectivity index (χ2v) is 10.5. The van der Waals surface area contributed by atoms with Gasteiger partial charge in [-0.2, -0.15) is 5.10 Å². The highest BCUT2D eigenvalue weighted by molar-refractivity contribution is 6.12. The summed E-state index contributed by atoms with van der Waals surface area (Å²) < 4.78 is 12.4. The number of carbonyl (C=O) groups excluding carboxylic acids is 2. The SMILES string of the molecule is COc1ccc(-c2cc3n(n2)C[C@@](C)(C(=O)NCc2ccccc2OC)N(c2ccc(C(C)C)cc2)C3=O)cc1. The number of para-hydroxylation sites is 1. The van der Waals surface area contributed by atoms with E-state index in [4.69, 9.17) is 14.6 Å². The van der Waals surface area contributed by atoms with Gasteiger partial charge in [0.15, 0.2) is 0 Å². The summed E-state index contributed by atoms with van der Waals surface area (Å²) in [5.41, 5.74) is 3.34. The van der Waals surface area contributed by atoms with Gasteiger partial charge in [0.25, 0.3) is 5.91 Å². The molecule has 1 atom stereocenters. The lowest BCUT2D eigenvalue weighted by atomic mass is 9.93. The molecule has 1 aromatic heterocycles. The first-order valence-corrected chi connectivity index (χ1v) is 13.3. The van der Waals surface area contributed by atoms with Crippen molar-refractivity contribution in [1.82, 2.24) is 15.1 Å². The van der Waals surface area contributed by atoms with Crippen LogP contribution in [0.1, 0.15) is 48.3 Å². The zero-order valence-corrected chi connectivity index (χ0v) is 23.5. The Labute approximate surface area is 234 Å². The summed E-state index contributed by atoms with van der Waals surface area (Å²) in [6, 6.07) is 24.7. The van der Waals surface area contributed by atoms with Crippen molar-refractivity contribution in [3.63, 3.8) is 0 Å². The minimum Gasteiger partial charge on any atom is -0.497 e. The monoisotopic (exact) mass is 538 g/mol. The standard InChI is InChI=1S/C32H34N4O4/c1-21(2)22-10-14-25(15-11-22)36-30(37)28-18-27(23-12-16-26(39-4)17-13-23)34-35(28)20-32(36,3)31(38)33-19-24-8-6-7-9-29(24)40-5/h6-18,21H,19-20H2,1-5H3,(H,33,38)/t32-/m0/s1. The zero-order chi connectivity index (χ0) is 28.4. The second kappa shape index (κ2) is 10.9. The number of ether oxygens (including phenoxy) is 2. The van der Waals surface area contributed by atoms with Crippen LogP contribution >= 0.6 is 0 Å². The van der Waals surface area contributed by atoms with Gasteiger partial charge in [0.2, 0.25) is 5.91 Å². The molecule has 0 radical (unpaired) electrons. The number of amides is 2. The van der Waals surface area contributed by atoms with Crippen LogP contribution in [0.5, 0.6) is 11.5 Å². The summed E-state index contributed by atoms with van der Waals surface area (Å²) >= 11 is 0. The Morgan fingerprint density at radius 3 is 2.35 bits per heavy atom. The van der Waals surface area contributed by atoms with Crippen LogP contribution in [0.2, 0.25) is 0 Å². The molecule has 8 nitrogen and oxygen atoms in total. The molecule has 1 aliphatic rings. The molecule has 8 heteroatoms. The van der Waals surface area contributed by atoms with E-state index in [1.54, 1.807) is 36.8 Å². The fraction of sp³-hybridized carbons (Fsp3) is 0.281. The minimum absolute atomic E-state index is 0.188. The van der Waals surface area contributed by atoms with Crippen LogP contribution in [0.4, 0.5) is 5.69 Å². The number of anilines is 1. The van der Waals surface area contributed by atoms with Crippen LogP contribution < -0.4 is 19.7 Å². The third kappa shape index (κ3) is 4.93. The molecule has 5 rings (SSSR count). The Morgan fingerprint density at radius 1 is 1.00 bits per heavy atom. The van der Waals surface area contributed by atoms with Gasteiger partial charge in [-0.25, -0.2) is 0 Å². The largest absolute Gasteiger partial charge is 0.497 e. The Morgan fingerprint density at radius 2 is 1.70 bits per heavy atom. The second-order valence-electron chi connectivity index (χ2n) is 10.5. The molecular formula is C32H34N4O4. The molecule has 4 aromatic rings. The number of methoxy groups -OCH3 is 2. The maximum atomic E-state index is 14.1. The van der Waals surface area contributed by atoms with Crippen molar-refractivity contribution in [2.75, 3.05) is 19.1 Å². The fourth-order valence-corrected chi connectivity index (χ4v) is 5.11. The van der Waals surface area contributed by atoms with Gasteiger partial charge in [-0.1, -0.05) is 44.2 Å². The number of benzene rings is 3. The Kier molecular flexibility index (Phi) is 7.34. The molecule has 0 unspecified atom stereocenters. The van der Waals surface area contributed by atoms with Crippen LogP contribution in [-0.4, -0.2) is 41.4 Å². The first-order valence-electron chi connectivity index (χ1n) is 13.3. The van der Waals surface area contributed by atoms with Crippen molar-refractivity contribution in [3.05, 3.63) is 95.7 Å². The Hall–Kier alpha value is -4.59. The molecule has 0 aliphatic carbocycles. The highest BCUT2D eigenvalue weighted by Gasteiger charge is 2.49. The smallest absolute Gasteiger partial charge is 0.277 e. The van der Waals surface area contributed by atoms with Crippen LogP contribution in [0.3, 0.4) is 0 Å². The summed E-state index contributed by atoms with van der Waals surface area (Å²) in [4.78, 5) is 29.7. The highest BCUT2D eigenvalue weighted by Crippen LogP contribution is 2.35. The first kappa shape index (κ1) is 27.0. The third-order valence-corrected chi connectivity index (χ3v) is 7.48. The van der Waals surface area contributed by atoms with E-state index in [0.717, 1.165) is 22.4 Å². The van der Waals surface area contributed by atoms with Crippen molar-refractivity contribution >= 4 is 17.5 Å². The minimum atomic E-state index is -1.24. The van der Waals surface area contributed by atoms with Gasteiger partial charge < -0.3 is 14.8 Å². The molecule has 0 fully saturated rings. The number of hydrogen-bond acceptors (Lipinski definition) is 5. The molecule has 206 valence electrons. The van der Waals surface area contributed by atoms with Crippen molar-refractivity contribution in [2.45, 2.75) is 45.3 Å². The number of aromatic nitrogens is 2. The number of hydrogen-bond donors (Lipinski definition) is 1. The molecule has 0 spiro atoms. The maximum Gasteiger partial charge on any atom is 0.277 e. The first-order chi connectivity index (χ1) is 19.2. The van der Waals surface area contributed by atoms with Gasteiger partial charge in [0.05, 0.1) is 26.5 Å². The predicted molar refractivity (Wildman–Crippen MR) is 155 cm³/mol. The molecule has 2 heterocycles. The van der Waals surface area contributed by atoms with E-state index >= 15 is 0 Å². The number of nitrogens with one attached hydrogen (secondary N) is 1. The third-order valence-electron chi connectivity index (χ3n) is 7.48. The Balaban J connectivity index is 1.53. The van der Waals surface area contributed by atoms with Crippen molar-refractivity contribution in [2.24, 2.45) is 0 Å². The molecule has 40 heavy (non-hydrogen) atoms. The van der Waals surface area contributed by atoms with E-state index in [0.29, 0.717) is 28.7 Å². The van der Waals surface area contributed by atoms with E-state index in [1.807, 2.05) is 72.8 Å². The lowest BCUT2D eigenvalue weighted by molar-refractivity contribution is -0.126. The number of carbonyl (C=O) groups is 2. The van der Waals surface area contributed by atoms with E-state index < -0.39 is 5.54 Å². The van der Waals surface area contributed by atoms with E-state index in [2.05, 4.69) is 19.2 Å². The number of nitrogens with zero attached hydrogens (tertiary/aromatic N) is 3. The molecule has 1 aliphatic heterocycles. The van der Waals surface area contributed by atoms with Gasteiger partial charge >= 0.3 is 0 Å². The Bertz CT molecular complexity index is 1530. The van der Waals surface area contributed by atoms with Gasteiger partial charge in [-0.3, -0.25) is 19.2 Å². The lowest BCUT2D eigenvalue weighted by Gasteiger charge is -2.43. The van der Waals surface area contributed by atoms with Gasteiger partial charge in [0.1, 0.15) is 22.7 Å². The lowest BCUT2D eigenvalue weighted by Crippen LogP contribution is -2.64. The fourth-order valence-electron chi connectivity index (χ4n) is 5.11. The van der Waals surface area contributed by atoms with Gasteiger partial charge in [-0.15, -0.1) is 0 Å². The van der Waals surface area contributed by atoms with Crippen molar-refractivity contribution in [3.8, 4) is 22.8 Å². The summed E-state index contributed by atoms with van der Waals surface area (Å²) in [5.74, 6) is 1.19. The average molecular weight is 539 g/mol. The topological polar surface area (TPSA) is 85.7 Å². The molecule has 0 saturated heterocycles. The van der Waals surface area contributed by atoms with E-state index in [1.165, 1.54) is 0 Å². The summed E-state index contributed by atoms with van der Waals surface area (Å²) in [5, 5.41) is 7.79. The molecule has 0 bridgehead atoms. The summed E-state index contributed by atoms with van der Waals surface area (Å²) in [6.45, 7) is 6.48. The molecular weight excluding hydrogens is 504 g/mol. The molecule has 2 amide bonds. The molecule has 1 N–H and O–H groups in total. The van der Waals surface area contributed by atoms with Crippen molar-refractivity contribution < 1.29 is 19.1 Å². The van der Waals surface area contributed by atoms with Crippen LogP contribution in [0.25, 0.3) is 11.3 Å². The summed E-state index contributed by atoms with van der Waals surface area (Å²) in [7, 11) is 3.22. The molecule has 3 aromatic carbocycles. The number of fused-ring (bicyclic) bond motifs is 1. The van der Waals surface area contributed by atoms with Gasteiger partial charge in [-0.05, 0) is 66.9 Å². The predicted octanol–water partition coefficient (Wildman–Crippen LogP) is 5.43.